The predicted octanol–water partition coefficient (Wildman–Crippen LogP) is 1.20. The summed E-state index contributed by atoms with van der Waals surface area (Å²) in [6.07, 6.45) is 6.53. The number of hydrogen-bond donors (Lipinski definition) is 2. The van der Waals surface area contributed by atoms with Crippen molar-refractivity contribution in [1.29, 1.82) is 0 Å². The molecule has 0 unspecified atom stereocenters. The second-order valence-corrected chi connectivity index (χ2v) is 7.10. The normalized spacial score (nSPS) is 16.7. The summed E-state index contributed by atoms with van der Waals surface area (Å²) in [7, 11) is -3.48. The van der Waals surface area contributed by atoms with Crippen LogP contribution in [0.4, 0.5) is 0 Å². The van der Waals surface area contributed by atoms with Crippen LogP contribution >= 0.6 is 0 Å². The van der Waals surface area contributed by atoms with Crippen LogP contribution in [0.1, 0.15) is 38.3 Å². The van der Waals surface area contributed by atoms with Gasteiger partial charge in [-0.3, -0.25) is 0 Å². The summed E-state index contributed by atoms with van der Waals surface area (Å²) in [6, 6.07) is 1.63. The predicted molar refractivity (Wildman–Crippen MR) is 81.4 cm³/mol. The van der Waals surface area contributed by atoms with Crippen molar-refractivity contribution in [1.82, 2.24) is 9.29 Å². The second kappa shape index (κ2) is 7.40. The Balaban J connectivity index is 1.87. The first kappa shape index (κ1) is 16.5. The first-order valence-corrected chi connectivity index (χ1v) is 9.05. The SMILES string of the molecule is CCn1cc(S(=O)(=O)NCCOC2CCCC2)cc1CN. The molecule has 1 aromatic rings. The van der Waals surface area contributed by atoms with E-state index in [4.69, 9.17) is 10.5 Å². The summed E-state index contributed by atoms with van der Waals surface area (Å²) >= 11 is 0. The van der Waals surface area contributed by atoms with Gasteiger partial charge in [-0.15, -0.1) is 0 Å². The zero-order chi connectivity index (χ0) is 15.3. The van der Waals surface area contributed by atoms with E-state index >= 15 is 0 Å². The Morgan fingerprint density at radius 3 is 2.71 bits per heavy atom. The minimum atomic E-state index is -3.48. The smallest absolute Gasteiger partial charge is 0.242 e. The molecule has 0 spiro atoms. The fraction of sp³-hybridized carbons (Fsp3) is 0.714. The van der Waals surface area contributed by atoms with Crippen LogP contribution in [0.2, 0.25) is 0 Å². The van der Waals surface area contributed by atoms with Crippen LogP contribution in [0.5, 0.6) is 0 Å². The topological polar surface area (TPSA) is 86.3 Å². The maximum atomic E-state index is 12.2. The lowest BCUT2D eigenvalue weighted by atomic mass is 10.3. The third-order valence-corrected chi connectivity index (χ3v) is 5.30. The molecule has 1 aliphatic rings. The highest BCUT2D eigenvalue weighted by Gasteiger charge is 2.18. The summed E-state index contributed by atoms with van der Waals surface area (Å²) in [5, 5.41) is 0. The molecule has 0 bridgehead atoms. The minimum absolute atomic E-state index is 0.269. The summed E-state index contributed by atoms with van der Waals surface area (Å²) in [5.41, 5.74) is 6.44. The Bertz CT molecular complexity index is 526. The number of aromatic nitrogens is 1. The van der Waals surface area contributed by atoms with E-state index in [9.17, 15) is 8.42 Å². The summed E-state index contributed by atoms with van der Waals surface area (Å²) in [6.45, 7) is 3.70. The van der Waals surface area contributed by atoms with Gasteiger partial charge in [0.15, 0.2) is 0 Å². The van der Waals surface area contributed by atoms with E-state index in [1.54, 1.807) is 12.3 Å². The van der Waals surface area contributed by atoms with Crippen LogP contribution in [0.15, 0.2) is 17.2 Å². The van der Waals surface area contributed by atoms with E-state index in [2.05, 4.69) is 4.72 Å². The van der Waals surface area contributed by atoms with E-state index in [1.165, 1.54) is 12.8 Å². The van der Waals surface area contributed by atoms with E-state index in [0.717, 1.165) is 18.5 Å². The Hall–Kier alpha value is -0.890. The van der Waals surface area contributed by atoms with Crippen molar-refractivity contribution in [2.45, 2.75) is 56.7 Å². The largest absolute Gasteiger partial charge is 0.377 e. The lowest BCUT2D eigenvalue weighted by Crippen LogP contribution is -2.28. The molecule has 1 aromatic heterocycles. The van der Waals surface area contributed by atoms with Crippen molar-refractivity contribution in [3.8, 4) is 0 Å². The molecular weight excluding hydrogens is 290 g/mol. The molecule has 1 fully saturated rings. The van der Waals surface area contributed by atoms with Crippen molar-refractivity contribution in [2.75, 3.05) is 13.2 Å². The van der Waals surface area contributed by atoms with Gasteiger partial charge in [-0.05, 0) is 25.8 Å². The molecule has 0 aliphatic heterocycles. The average molecular weight is 315 g/mol. The van der Waals surface area contributed by atoms with Crippen LogP contribution in [0.25, 0.3) is 0 Å². The fourth-order valence-corrected chi connectivity index (χ4v) is 3.75. The van der Waals surface area contributed by atoms with Gasteiger partial charge in [0.1, 0.15) is 0 Å². The Morgan fingerprint density at radius 2 is 2.14 bits per heavy atom. The van der Waals surface area contributed by atoms with Gasteiger partial charge in [0.25, 0.3) is 0 Å². The molecule has 0 amide bonds. The second-order valence-electron chi connectivity index (χ2n) is 5.33. The highest BCUT2D eigenvalue weighted by atomic mass is 32.2. The average Bonchev–Trinajstić information content (AvgIpc) is 3.12. The molecule has 0 saturated heterocycles. The van der Waals surface area contributed by atoms with Crippen molar-refractivity contribution < 1.29 is 13.2 Å². The molecule has 1 heterocycles. The van der Waals surface area contributed by atoms with Crippen molar-refractivity contribution in [3.05, 3.63) is 18.0 Å². The molecule has 0 radical (unpaired) electrons. The molecule has 6 nitrogen and oxygen atoms in total. The van der Waals surface area contributed by atoms with Gasteiger partial charge in [-0.1, -0.05) is 12.8 Å². The van der Waals surface area contributed by atoms with Crippen LogP contribution in [-0.4, -0.2) is 32.2 Å². The zero-order valence-corrected chi connectivity index (χ0v) is 13.4. The van der Waals surface area contributed by atoms with E-state index in [1.807, 2.05) is 11.5 Å². The first-order valence-electron chi connectivity index (χ1n) is 7.57. The van der Waals surface area contributed by atoms with Crippen molar-refractivity contribution >= 4 is 10.0 Å². The lowest BCUT2D eigenvalue weighted by Gasteiger charge is -2.11. The molecule has 0 atom stereocenters. The third kappa shape index (κ3) is 4.29. The van der Waals surface area contributed by atoms with E-state index in [-0.39, 0.29) is 4.90 Å². The molecule has 1 aliphatic carbocycles. The standard InChI is InChI=1S/C14H25N3O3S/c1-2-17-11-14(9-12(17)10-15)21(18,19)16-7-8-20-13-5-3-4-6-13/h9,11,13,16H,2-8,10,15H2,1H3. The van der Waals surface area contributed by atoms with Crippen LogP contribution in [-0.2, 0) is 27.8 Å². The summed E-state index contributed by atoms with van der Waals surface area (Å²) in [4.78, 5) is 0.269. The van der Waals surface area contributed by atoms with Crippen molar-refractivity contribution in [3.63, 3.8) is 0 Å². The summed E-state index contributed by atoms with van der Waals surface area (Å²) in [5.74, 6) is 0. The molecule has 7 heteroatoms. The first-order chi connectivity index (χ1) is 10.1. The number of rotatable bonds is 8. The fourth-order valence-electron chi connectivity index (χ4n) is 2.68. The Kier molecular flexibility index (Phi) is 5.80. The monoisotopic (exact) mass is 315 g/mol. The highest BCUT2D eigenvalue weighted by molar-refractivity contribution is 7.89. The van der Waals surface area contributed by atoms with Crippen molar-refractivity contribution in [2.24, 2.45) is 5.73 Å². The maximum absolute atomic E-state index is 12.2. The lowest BCUT2D eigenvalue weighted by molar-refractivity contribution is 0.0626. The third-order valence-electron chi connectivity index (χ3n) is 3.87. The number of hydrogen-bond acceptors (Lipinski definition) is 4. The molecule has 21 heavy (non-hydrogen) atoms. The Morgan fingerprint density at radius 1 is 1.43 bits per heavy atom. The quantitative estimate of drug-likeness (QED) is 0.706. The highest BCUT2D eigenvalue weighted by Crippen LogP contribution is 2.20. The minimum Gasteiger partial charge on any atom is -0.377 e. The number of nitrogens with zero attached hydrogens (tertiary/aromatic N) is 1. The molecule has 3 N–H and O–H groups in total. The van der Waals surface area contributed by atoms with Gasteiger partial charge >= 0.3 is 0 Å². The van der Waals surface area contributed by atoms with E-state index < -0.39 is 10.0 Å². The Labute approximate surface area is 126 Å². The molecule has 2 rings (SSSR count). The van der Waals surface area contributed by atoms with Crippen LogP contribution in [0, 0.1) is 0 Å². The van der Waals surface area contributed by atoms with Crippen LogP contribution < -0.4 is 10.5 Å². The molecular formula is C14H25N3O3S. The summed E-state index contributed by atoms with van der Waals surface area (Å²) < 4.78 is 34.5. The molecule has 120 valence electrons. The van der Waals surface area contributed by atoms with Gasteiger partial charge in [0.05, 0.1) is 17.6 Å². The van der Waals surface area contributed by atoms with Gasteiger partial charge in [-0.25, -0.2) is 13.1 Å². The number of ether oxygens (including phenoxy) is 1. The number of nitrogens with two attached hydrogens (primary N) is 1. The van der Waals surface area contributed by atoms with Gasteiger partial charge in [-0.2, -0.15) is 0 Å². The maximum Gasteiger partial charge on any atom is 0.242 e. The number of sulfonamides is 1. The van der Waals surface area contributed by atoms with Crippen LogP contribution in [0.3, 0.4) is 0 Å². The molecule has 1 saturated carbocycles. The van der Waals surface area contributed by atoms with Gasteiger partial charge < -0.3 is 15.0 Å². The number of nitrogens with one attached hydrogen (secondary N) is 1. The molecule has 0 aromatic carbocycles. The number of aryl methyl sites for hydroxylation is 1. The van der Waals surface area contributed by atoms with E-state index in [0.29, 0.717) is 32.3 Å². The van der Waals surface area contributed by atoms with Gasteiger partial charge in [0.2, 0.25) is 10.0 Å². The van der Waals surface area contributed by atoms with Gasteiger partial charge in [0, 0.05) is 31.5 Å². The zero-order valence-electron chi connectivity index (χ0n) is 12.5.